The number of rotatable bonds is 5. The number of fused-ring (bicyclic) bond motifs is 1. The van der Waals surface area contributed by atoms with Gasteiger partial charge in [-0.05, 0) is 43.9 Å². The van der Waals surface area contributed by atoms with E-state index in [9.17, 15) is 14.4 Å². The molecular weight excluding hydrogens is 340 g/mol. The number of halogens is 1. The van der Waals surface area contributed by atoms with Crippen molar-refractivity contribution in [2.75, 3.05) is 11.9 Å². The number of likely N-dealkylation sites (tertiary alicyclic amines) is 1. The third-order valence-corrected chi connectivity index (χ3v) is 5.25. The monoisotopic (exact) mass is 360 g/mol. The normalized spacial score (nSPS) is 22.2. The summed E-state index contributed by atoms with van der Waals surface area (Å²) in [5.41, 5.74) is 1.59. The van der Waals surface area contributed by atoms with Crippen LogP contribution in [0.3, 0.4) is 0 Å². The van der Waals surface area contributed by atoms with Crippen molar-refractivity contribution in [2.24, 2.45) is 11.8 Å². The minimum absolute atomic E-state index is 0.0925. The fraction of sp³-hybridized carbons (Fsp3) is 0.421. The Labute approximate surface area is 152 Å². The number of hydrogen-bond donors (Lipinski definition) is 1. The van der Waals surface area contributed by atoms with Crippen molar-refractivity contribution in [2.45, 2.75) is 32.6 Å². The predicted octanol–water partition coefficient (Wildman–Crippen LogP) is 3.32. The van der Waals surface area contributed by atoms with Gasteiger partial charge in [0.2, 0.25) is 17.7 Å². The number of nitrogens with zero attached hydrogens (tertiary/aromatic N) is 1. The molecule has 1 aliphatic heterocycles. The van der Waals surface area contributed by atoms with Crippen molar-refractivity contribution in [1.29, 1.82) is 0 Å². The molecule has 0 unspecified atom stereocenters. The number of carbonyl (C=O) groups excluding carboxylic acids is 3. The molecule has 1 N–H and O–H groups in total. The highest BCUT2D eigenvalue weighted by Crippen LogP contribution is 2.35. The van der Waals surface area contributed by atoms with Crippen LogP contribution >= 0.6 is 11.6 Å². The molecule has 0 aromatic heterocycles. The molecule has 1 saturated heterocycles. The third kappa shape index (κ3) is 3.76. The van der Waals surface area contributed by atoms with Crippen LogP contribution in [0.4, 0.5) is 5.69 Å². The largest absolute Gasteiger partial charge is 0.326 e. The van der Waals surface area contributed by atoms with E-state index in [1.165, 1.54) is 4.90 Å². The molecule has 0 saturated carbocycles. The number of amides is 3. The van der Waals surface area contributed by atoms with Crippen LogP contribution in [-0.2, 0) is 14.4 Å². The Morgan fingerprint density at radius 1 is 1.20 bits per heavy atom. The lowest BCUT2D eigenvalue weighted by Crippen LogP contribution is -2.32. The molecule has 6 heteroatoms. The molecule has 2 atom stereocenters. The quantitative estimate of drug-likeness (QED) is 0.647. The molecule has 132 valence electrons. The van der Waals surface area contributed by atoms with Crippen molar-refractivity contribution in [1.82, 2.24) is 4.90 Å². The van der Waals surface area contributed by atoms with Crippen LogP contribution in [0.1, 0.15) is 31.2 Å². The van der Waals surface area contributed by atoms with E-state index < -0.39 is 0 Å². The first-order chi connectivity index (χ1) is 12.0. The van der Waals surface area contributed by atoms with E-state index in [1.54, 1.807) is 12.1 Å². The van der Waals surface area contributed by atoms with Crippen molar-refractivity contribution < 1.29 is 14.4 Å². The van der Waals surface area contributed by atoms with E-state index in [2.05, 4.69) is 5.32 Å². The summed E-state index contributed by atoms with van der Waals surface area (Å²) in [5.74, 6) is -0.754. The third-order valence-electron chi connectivity index (χ3n) is 4.84. The molecule has 3 amide bonds. The Hall–Kier alpha value is -2.14. The number of allylic oxidation sites excluding steroid dienone is 2. The predicted molar refractivity (Wildman–Crippen MR) is 96.1 cm³/mol. The molecule has 1 fully saturated rings. The van der Waals surface area contributed by atoms with Gasteiger partial charge in [0.15, 0.2) is 0 Å². The zero-order valence-corrected chi connectivity index (χ0v) is 14.9. The molecule has 1 heterocycles. The molecular formula is C19H21ClN2O3. The summed E-state index contributed by atoms with van der Waals surface area (Å²) in [6.07, 6.45) is 5.92. The second-order valence-electron chi connectivity index (χ2n) is 6.60. The number of aryl methyl sites for hydroxylation is 1. The van der Waals surface area contributed by atoms with Crippen molar-refractivity contribution >= 4 is 35.0 Å². The number of nitrogens with one attached hydrogen (secondary N) is 1. The first-order valence-corrected chi connectivity index (χ1v) is 8.91. The second-order valence-corrected chi connectivity index (χ2v) is 7.01. The zero-order valence-electron chi connectivity index (χ0n) is 14.1. The molecule has 0 bridgehead atoms. The van der Waals surface area contributed by atoms with E-state index in [0.717, 1.165) is 5.56 Å². The molecule has 0 spiro atoms. The molecule has 25 heavy (non-hydrogen) atoms. The van der Waals surface area contributed by atoms with Gasteiger partial charge < -0.3 is 5.32 Å². The summed E-state index contributed by atoms with van der Waals surface area (Å²) in [6, 6.07) is 5.35. The van der Waals surface area contributed by atoms with Crippen LogP contribution in [0.2, 0.25) is 5.02 Å². The van der Waals surface area contributed by atoms with Gasteiger partial charge in [0, 0.05) is 23.7 Å². The lowest BCUT2D eigenvalue weighted by Gasteiger charge is -2.14. The summed E-state index contributed by atoms with van der Waals surface area (Å²) in [5, 5.41) is 3.39. The lowest BCUT2D eigenvalue weighted by atomic mass is 9.85. The van der Waals surface area contributed by atoms with Crippen molar-refractivity contribution in [3.05, 3.63) is 40.9 Å². The Morgan fingerprint density at radius 3 is 2.44 bits per heavy atom. The Kier molecular flexibility index (Phi) is 5.23. The highest BCUT2D eigenvalue weighted by atomic mass is 35.5. The summed E-state index contributed by atoms with van der Waals surface area (Å²) < 4.78 is 0. The SMILES string of the molecule is Cc1ccc(NC(=O)CCCN2C(=O)[C@H]3CC=CC[C@H]3C2=O)cc1Cl. The fourth-order valence-electron chi connectivity index (χ4n) is 3.38. The zero-order chi connectivity index (χ0) is 18.0. The maximum absolute atomic E-state index is 12.3. The topological polar surface area (TPSA) is 66.5 Å². The second kappa shape index (κ2) is 7.40. The summed E-state index contributed by atoms with van der Waals surface area (Å²) in [7, 11) is 0. The van der Waals surface area contributed by atoms with Gasteiger partial charge in [0.25, 0.3) is 0 Å². The van der Waals surface area contributed by atoms with Crippen LogP contribution in [0.15, 0.2) is 30.4 Å². The van der Waals surface area contributed by atoms with Gasteiger partial charge in [-0.25, -0.2) is 0 Å². The number of imide groups is 1. The maximum atomic E-state index is 12.3. The average molecular weight is 361 g/mol. The summed E-state index contributed by atoms with van der Waals surface area (Å²) >= 11 is 6.04. The van der Waals surface area contributed by atoms with Crippen LogP contribution < -0.4 is 5.32 Å². The van der Waals surface area contributed by atoms with E-state index >= 15 is 0 Å². The van der Waals surface area contributed by atoms with Gasteiger partial charge in [0.05, 0.1) is 11.8 Å². The molecule has 5 nitrogen and oxygen atoms in total. The molecule has 0 radical (unpaired) electrons. The molecule has 1 aromatic rings. The highest BCUT2D eigenvalue weighted by Gasteiger charge is 2.46. The average Bonchev–Trinajstić information content (AvgIpc) is 2.83. The minimum Gasteiger partial charge on any atom is -0.326 e. The number of anilines is 1. The minimum atomic E-state index is -0.207. The standard InChI is InChI=1S/C19H21ClN2O3/c1-12-8-9-13(11-16(12)20)21-17(23)7-4-10-22-18(24)14-5-2-3-6-15(14)19(22)25/h2-3,8-9,11,14-15H,4-7,10H2,1H3,(H,21,23)/t14-,15+. The van der Waals surface area contributed by atoms with Crippen LogP contribution in [-0.4, -0.2) is 29.2 Å². The Morgan fingerprint density at radius 2 is 1.84 bits per heavy atom. The van der Waals surface area contributed by atoms with Crippen molar-refractivity contribution in [3.63, 3.8) is 0 Å². The Bertz CT molecular complexity index is 718. The van der Waals surface area contributed by atoms with Gasteiger partial charge in [0.1, 0.15) is 0 Å². The first kappa shape index (κ1) is 17.7. The first-order valence-electron chi connectivity index (χ1n) is 8.53. The van der Waals surface area contributed by atoms with Crippen LogP contribution in [0.5, 0.6) is 0 Å². The van der Waals surface area contributed by atoms with Gasteiger partial charge in [-0.15, -0.1) is 0 Å². The smallest absolute Gasteiger partial charge is 0.233 e. The maximum Gasteiger partial charge on any atom is 0.233 e. The molecule has 2 aliphatic rings. The number of benzene rings is 1. The summed E-state index contributed by atoms with van der Waals surface area (Å²) in [4.78, 5) is 38.1. The van der Waals surface area contributed by atoms with Crippen LogP contribution in [0.25, 0.3) is 0 Å². The lowest BCUT2D eigenvalue weighted by molar-refractivity contribution is -0.140. The van der Waals surface area contributed by atoms with Crippen LogP contribution in [0, 0.1) is 18.8 Å². The van der Waals surface area contributed by atoms with Gasteiger partial charge >= 0.3 is 0 Å². The molecule has 3 rings (SSSR count). The van der Waals surface area contributed by atoms with Crippen molar-refractivity contribution in [3.8, 4) is 0 Å². The van der Waals surface area contributed by atoms with E-state index in [4.69, 9.17) is 11.6 Å². The van der Waals surface area contributed by atoms with E-state index in [0.29, 0.717) is 36.5 Å². The van der Waals surface area contributed by atoms with E-state index in [-0.39, 0.29) is 36.0 Å². The van der Waals surface area contributed by atoms with Gasteiger partial charge in [-0.2, -0.15) is 0 Å². The molecule has 1 aliphatic carbocycles. The Balaban J connectivity index is 1.49. The van der Waals surface area contributed by atoms with Gasteiger partial charge in [-0.3, -0.25) is 19.3 Å². The van der Waals surface area contributed by atoms with Gasteiger partial charge in [-0.1, -0.05) is 29.8 Å². The summed E-state index contributed by atoms with van der Waals surface area (Å²) in [6.45, 7) is 2.19. The molecule has 1 aromatic carbocycles. The van der Waals surface area contributed by atoms with E-state index in [1.807, 2.05) is 25.1 Å². The number of hydrogen-bond acceptors (Lipinski definition) is 3. The highest BCUT2D eigenvalue weighted by molar-refractivity contribution is 6.31. The number of carbonyl (C=O) groups is 3. The fourth-order valence-corrected chi connectivity index (χ4v) is 3.56.